The Bertz CT molecular complexity index is 537. The number of hydrogen-bond acceptors (Lipinski definition) is 4. The number of rotatable bonds is 6. The molecule has 0 aliphatic carbocycles. The first-order valence-electron chi connectivity index (χ1n) is 6.38. The number of aliphatic hydroxyl groups excluding tert-OH is 1. The topological polar surface area (TPSA) is 84.2 Å². The summed E-state index contributed by atoms with van der Waals surface area (Å²) in [4.78, 5) is 0.200. The molecule has 0 saturated heterocycles. The predicted molar refractivity (Wildman–Crippen MR) is 73.3 cm³/mol. The van der Waals surface area contributed by atoms with Crippen LogP contribution in [0, 0.1) is 19.8 Å². The van der Waals surface area contributed by atoms with Gasteiger partial charge in [0.1, 0.15) is 4.90 Å². The monoisotopic (exact) mass is 289 g/mol. The van der Waals surface area contributed by atoms with Crippen LogP contribution in [0.3, 0.4) is 0 Å². The molecule has 19 heavy (non-hydrogen) atoms. The molecule has 0 aliphatic heterocycles. The quantitative estimate of drug-likeness (QED) is 0.808. The average Bonchev–Trinajstić information content (AvgIpc) is 2.59. The Morgan fingerprint density at radius 3 is 2.42 bits per heavy atom. The maximum absolute atomic E-state index is 12.2. The number of aliphatic hydroxyl groups is 1. The molecular formula is C12H23N3O3S. The molecule has 0 aliphatic rings. The van der Waals surface area contributed by atoms with Crippen molar-refractivity contribution in [2.45, 2.75) is 45.1 Å². The molecule has 110 valence electrons. The molecule has 1 aromatic rings. The van der Waals surface area contributed by atoms with E-state index in [4.69, 9.17) is 0 Å². The molecule has 0 radical (unpaired) electrons. The van der Waals surface area contributed by atoms with Crippen molar-refractivity contribution in [1.29, 1.82) is 0 Å². The van der Waals surface area contributed by atoms with Crippen molar-refractivity contribution in [2.75, 3.05) is 6.54 Å². The zero-order valence-electron chi connectivity index (χ0n) is 12.1. The minimum Gasteiger partial charge on any atom is -0.391 e. The first-order chi connectivity index (χ1) is 8.70. The lowest BCUT2D eigenvalue weighted by Crippen LogP contribution is -2.35. The summed E-state index contributed by atoms with van der Waals surface area (Å²) in [6.07, 6.45) is 0.116. The summed E-state index contributed by atoms with van der Waals surface area (Å²) in [5.74, 6) is 0.0544. The lowest BCUT2D eigenvalue weighted by molar-refractivity contribution is 0.118. The van der Waals surface area contributed by atoms with E-state index in [1.807, 2.05) is 13.8 Å². The van der Waals surface area contributed by atoms with Gasteiger partial charge in [-0.05, 0) is 19.8 Å². The number of nitrogens with one attached hydrogen (secondary N) is 1. The lowest BCUT2D eigenvalue weighted by Gasteiger charge is -2.17. The van der Waals surface area contributed by atoms with Crippen molar-refractivity contribution in [2.24, 2.45) is 13.0 Å². The van der Waals surface area contributed by atoms with Crippen LogP contribution in [-0.4, -0.2) is 36.0 Å². The Balaban J connectivity index is 2.88. The molecule has 1 aromatic heterocycles. The number of aromatic nitrogens is 2. The molecular weight excluding hydrogens is 266 g/mol. The largest absolute Gasteiger partial charge is 0.391 e. The number of nitrogens with zero attached hydrogens (tertiary/aromatic N) is 2. The predicted octanol–water partition coefficient (Wildman–Crippen LogP) is 0.722. The molecule has 0 amide bonds. The summed E-state index contributed by atoms with van der Waals surface area (Å²) < 4.78 is 28.4. The maximum atomic E-state index is 12.2. The van der Waals surface area contributed by atoms with Crippen molar-refractivity contribution in [3.05, 3.63) is 11.4 Å². The first kappa shape index (κ1) is 16.1. The third-order valence-electron chi connectivity index (χ3n) is 3.49. The second-order valence-corrected chi connectivity index (χ2v) is 6.63. The van der Waals surface area contributed by atoms with Crippen LogP contribution in [0.25, 0.3) is 0 Å². The van der Waals surface area contributed by atoms with Gasteiger partial charge in [0.2, 0.25) is 10.0 Å². The molecule has 2 N–H and O–H groups in total. The molecule has 7 heteroatoms. The highest BCUT2D eigenvalue weighted by Crippen LogP contribution is 2.18. The normalized spacial score (nSPS) is 15.5. The summed E-state index contributed by atoms with van der Waals surface area (Å²) in [5, 5.41) is 13.9. The van der Waals surface area contributed by atoms with Crippen LogP contribution < -0.4 is 4.72 Å². The standard InChI is InChI=1S/C12H23N3O3S/c1-6-8(2)11(16)7-13-19(17,18)12-9(3)14-15(5)10(12)4/h8,11,13,16H,6-7H2,1-5H3. The van der Waals surface area contributed by atoms with Crippen LogP contribution in [-0.2, 0) is 17.1 Å². The third-order valence-corrected chi connectivity index (χ3v) is 5.17. The Hall–Kier alpha value is -0.920. The van der Waals surface area contributed by atoms with Crippen molar-refractivity contribution in [1.82, 2.24) is 14.5 Å². The van der Waals surface area contributed by atoms with Crippen LogP contribution >= 0.6 is 0 Å². The van der Waals surface area contributed by atoms with E-state index in [0.29, 0.717) is 11.4 Å². The van der Waals surface area contributed by atoms with E-state index in [2.05, 4.69) is 9.82 Å². The van der Waals surface area contributed by atoms with E-state index in [0.717, 1.165) is 6.42 Å². The second-order valence-electron chi connectivity index (χ2n) is 4.93. The summed E-state index contributed by atoms with van der Waals surface area (Å²) in [7, 11) is -1.93. The fraction of sp³-hybridized carbons (Fsp3) is 0.750. The Kier molecular flexibility index (Phi) is 5.11. The highest BCUT2D eigenvalue weighted by molar-refractivity contribution is 7.89. The highest BCUT2D eigenvalue weighted by Gasteiger charge is 2.25. The first-order valence-corrected chi connectivity index (χ1v) is 7.87. The molecule has 1 heterocycles. The van der Waals surface area contributed by atoms with Crippen LogP contribution in [0.1, 0.15) is 31.7 Å². The summed E-state index contributed by atoms with van der Waals surface area (Å²) >= 11 is 0. The average molecular weight is 289 g/mol. The SMILES string of the molecule is CCC(C)C(O)CNS(=O)(=O)c1c(C)nn(C)c1C. The fourth-order valence-electron chi connectivity index (χ4n) is 1.88. The van der Waals surface area contributed by atoms with Gasteiger partial charge in [-0.15, -0.1) is 0 Å². The van der Waals surface area contributed by atoms with E-state index >= 15 is 0 Å². The number of hydrogen-bond donors (Lipinski definition) is 2. The summed E-state index contributed by atoms with van der Waals surface area (Å²) in [6.45, 7) is 7.23. The van der Waals surface area contributed by atoms with Gasteiger partial charge in [0.25, 0.3) is 0 Å². The maximum Gasteiger partial charge on any atom is 0.244 e. The van der Waals surface area contributed by atoms with Crippen LogP contribution in [0.2, 0.25) is 0 Å². The van der Waals surface area contributed by atoms with Gasteiger partial charge in [0, 0.05) is 13.6 Å². The molecule has 0 aromatic carbocycles. The van der Waals surface area contributed by atoms with E-state index in [1.165, 1.54) is 4.68 Å². The Labute approximate surface area is 114 Å². The van der Waals surface area contributed by atoms with Gasteiger partial charge < -0.3 is 5.11 Å². The second kappa shape index (κ2) is 6.02. The van der Waals surface area contributed by atoms with Gasteiger partial charge in [-0.2, -0.15) is 5.10 Å². The van der Waals surface area contributed by atoms with Crippen molar-refractivity contribution >= 4 is 10.0 Å². The number of sulfonamides is 1. The smallest absolute Gasteiger partial charge is 0.244 e. The van der Waals surface area contributed by atoms with E-state index in [9.17, 15) is 13.5 Å². The van der Waals surface area contributed by atoms with Gasteiger partial charge in [-0.25, -0.2) is 13.1 Å². The molecule has 2 unspecified atom stereocenters. The van der Waals surface area contributed by atoms with Gasteiger partial charge in [0.15, 0.2) is 0 Å². The van der Waals surface area contributed by atoms with Crippen molar-refractivity contribution in [3.8, 4) is 0 Å². The van der Waals surface area contributed by atoms with Gasteiger partial charge in [-0.1, -0.05) is 20.3 Å². The molecule has 0 saturated carbocycles. The van der Waals surface area contributed by atoms with E-state index in [-0.39, 0.29) is 17.4 Å². The van der Waals surface area contributed by atoms with Gasteiger partial charge >= 0.3 is 0 Å². The van der Waals surface area contributed by atoms with Gasteiger partial charge in [0.05, 0.1) is 17.5 Å². The zero-order valence-corrected chi connectivity index (χ0v) is 13.0. The Morgan fingerprint density at radius 1 is 1.42 bits per heavy atom. The molecule has 0 spiro atoms. The summed E-state index contributed by atoms with van der Waals surface area (Å²) in [5.41, 5.74) is 1.05. The lowest BCUT2D eigenvalue weighted by atomic mass is 10.0. The molecule has 0 fully saturated rings. The van der Waals surface area contributed by atoms with Crippen LogP contribution in [0.5, 0.6) is 0 Å². The van der Waals surface area contributed by atoms with E-state index < -0.39 is 16.1 Å². The minimum absolute atomic E-state index is 0.0190. The van der Waals surface area contributed by atoms with Gasteiger partial charge in [-0.3, -0.25) is 4.68 Å². The number of aryl methyl sites for hydroxylation is 2. The Morgan fingerprint density at radius 2 is 2.00 bits per heavy atom. The highest BCUT2D eigenvalue weighted by atomic mass is 32.2. The van der Waals surface area contributed by atoms with Crippen molar-refractivity contribution in [3.63, 3.8) is 0 Å². The minimum atomic E-state index is -3.63. The molecule has 1 rings (SSSR count). The zero-order chi connectivity index (χ0) is 14.8. The molecule has 0 bridgehead atoms. The van der Waals surface area contributed by atoms with Crippen LogP contribution in [0.15, 0.2) is 4.90 Å². The summed E-state index contributed by atoms with van der Waals surface area (Å²) in [6, 6.07) is 0. The molecule has 6 nitrogen and oxygen atoms in total. The van der Waals surface area contributed by atoms with Crippen LogP contribution in [0.4, 0.5) is 0 Å². The third kappa shape index (κ3) is 3.55. The van der Waals surface area contributed by atoms with Crippen molar-refractivity contribution < 1.29 is 13.5 Å². The molecule has 2 atom stereocenters. The fourth-order valence-corrected chi connectivity index (χ4v) is 3.37. The van der Waals surface area contributed by atoms with E-state index in [1.54, 1.807) is 20.9 Å².